The molecule has 0 spiro atoms. The Labute approximate surface area is 341 Å². The summed E-state index contributed by atoms with van der Waals surface area (Å²) in [5, 5.41) is 46.0. The molecule has 4 aromatic rings. The molecule has 302 valence electrons. The van der Waals surface area contributed by atoms with E-state index in [0.717, 1.165) is 36.8 Å². The van der Waals surface area contributed by atoms with E-state index in [1.165, 1.54) is 35.4 Å². The molecule has 8 nitrogen and oxygen atoms in total. The molecule has 58 heavy (non-hydrogen) atoms. The van der Waals surface area contributed by atoms with Crippen LogP contribution in [0.15, 0.2) is 95.1 Å². The van der Waals surface area contributed by atoms with Gasteiger partial charge in [0.15, 0.2) is 0 Å². The molecular weight excluding hydrogens is 729 g/mol. The number of hydrogen-bond donors (Lipinski definition) is 4. The molecule has 0 aliphatic heterocycles. The van der Waals surface area contributed by atoms with Crippen LogP contribution in [-0.4, -0.2) is 45.2 Å². The standard InChI is InChI=1S/C50H54O8/c1-27(2)11-9-13-29(5)15-17-57-33-23-37-43(35-19-31(7)21-39(51)45(35)49(55)47(37)41(53)25-33)44-36-20-32(8)22-40(52)46(36)50(56)48-38(44)24-34(26-42(48)54)58-18-16-30(6)14-10-12-28(3)4/h11-12,15-16,19-26,43-44,51-54H,9-10,13-14,17-18H2,1-8H3/b29-15+,30-16+/t43-,44-/m1/s1. The largest absolute Gasteiger partial charge is 0.507 e. The number of ether oxygens (including phenoxy) is 2. The van der Waals surface area contributed by atoms with Gasteiger partial charge in [0.05, 0.1) is 22.3 Å². The number of rotatable bonds is 13. The average Bonchev–Trinajstić information content (AvgIpc) is 3.11. The second-order valence-corrected chi connectivity index (χ2v) is 16.3. The first-order chi connectivity index (χ1) is 27.5. The molecule has 4 aromatic carbocycles. The number of carbonyl (C=O) groups is 2. The third-order valence-corrected chi connectivity index (χ3v) is 11.0. The highest BCUT2D eigenvalue weighted by atomic mass is 16.5. The molecular formula is C50H54O8. The number of allylic oxidation sites excluding steroid dienone is 6. The number of aryl methyl sites for hydroxylation is 2. The minimum atomic E-state index is -0.817. The third kappa shape index (κ3) is 8.61. The Bertz CT molecular complexity index is 2250. The molecule has 0 saturated heterocycles. The van der Waals surface area contributed by atoms with Gasteiger partial charge in [0.2, 0.25) is 11.6 Å². The van der Waals surface area contributed by atoms with Gasteiger partial charge in [-0.3, -0.25) is 9.59 Å². The van der Waals surface area contributed by atoms with Crippen molar-refractivity contribution in [2.24, 2.45) is 0 Å². The maximum absolute atomic E-state index is 14.3. The van der Waals surface area contributed by atoms with Crippen LogP contribution < -0.4 is 9.47 Å². The van der Waals surface area contributed by atoms with Gasteiger partial charge in [-0.15, -0.1) is 0 Å². The second kappa shape index (κ2) is 17.2. The quantitative estimate of drug-likeness (QED) is 0.0985. The summed E-state index contributed by atoms with van der Waals surface area (Å²) >= 11 is 0. The lowest BCUT2D eigenvalue weighted by Crippen LogP contribution is -2.30. The number of fused-ring (bicyclic) bond motifs is 4. The first-order valence-electron chi connectivity index (χ1n) is 19.9. The summed E-state index contributed by atoms with van der Waals surface area (Å²) in [6, 6.07) is 13.0. The van der Waals surface area contributed by atoms with E-state index < -0.39 is 23.4 Å². The zero-order valence-electron chi connectivity index (χ0n) is 34.7. The lowest BCUT2D eigenvalue weighted by atomic mass is 9.63. The van der Waals surface area contributed by atoms with E-state index in [1.807, 2.05) is 52.0 Å². The Morgan fingerprint density at radius 3 is 1.17 bits per heavy atom. The Morgan fingerprint density at radius 1 is 0.500 bits per heavy atom. The maximum Gasteiger partial charge on any atom is 0.201 e. The zero-order chi connectivity index (χ0) is 42.0. The number of phenols is 4. The summed E-state index contributed by atoms with van der Waals surface area (Å²) in [6.45, 7) is 16.4. The molecule has 8 heteroatoms. The Hall–Kier alpha value is -6.02. The fraction of sp³-hybridized carbons (Fsp3) is 0.320. The van der Waals surface area contributed by atoms with Gasteiger partial charge in [-0.25, -0.2) is 0 Å². The minimum absolute atomic E-state index is 0.000302. The van der Waals surface area contributed by atoms with Crippen LogP contribution in [0.5, 0.6) is 34.5 Å². The summed E-state index contributed by atoms with van der Waals surface area (Å²) in [5.74, 6) is -3.20. The molecule has 2 atom stereocenters. The van der Waals surface area contributed by atoms with E-state index in [-0.39, 0.29) is 58.5 Å². The van der Waals surface area contributed by atoms with Crippen LogP contribution in [0, 0.1) is 13.8 Å². The highest BCUT2D eigenvalue weighted by molar-refractivity contribution is 6.18. The van der Waals surface area contributed by atoms with Crippen molar-refractivity contribution < 1.29 is 39.5 Å². The van der Waals surface area contributed by atoms with Crippen LogP contribution in [0.3, 0.4) is 0 Å². The van der Waals surface area contributed by atoms with E-state index in [0.29, 0.717) is 44.9 Å². The number of ketones is 2. The lowest BCUT2D eigenvalue weighted by molar-refractivity contribution is 0.101. The molecule has 0 aromatic heterocycles. The van der Waals surface area contributed by atoms with Crippen molar-refractivity contribution >= 4 is 11.6 Å². The van der Waals surface area contributed by atoms with Crippen molar-refractivity contribution in [1.82, 2.24) is 0 Å². The van der Waals surface area contributed by atoms with Crippen molar-refractivity contribution in [1.29, 1.82) is 0 Å². The molecule has 2 aliphatic carbocycles. The average molecular weight is 783 g/mol. The fourth-order valence-electron chi connectivity index (χ4n) is 8.22. The topological polar surface area (TPSA) is 134 Å². The molecule has 6 rings (SSSR count). The van der Waals surface area contributed by atoms with Gasteiger partial charge in [0.25, 0.3) is 0 Å². The maximum atomic E-state index is 14.3. The van der Waals surface area contributed by atoms with Gasteiger partial charge in [-0.1, -0.05) is 46.6 Å². The van der Waals surface area contributed by atoms with Gasteiger partial charge < -0.3 is 29.9 Å². The smallest absolute Gasteiger partial charge is 0.201 e. The van der Waals surface area contributed by atoms with Gasteiger partial charge in [-0.05, 0) is 151 Å². The van der Waals surface area contributed by atoms with E-state index in [4.69, 9.17) is 9.47 Å². The third-order valence-electron chi connectivity index (χ3n) is 11.0. The predicted octanol–water partition coefficient (Wildman–Crippen LogP) is 11.3. The Morgan fingerprint density at radius 2 is 0.828 bits per heavy atom. The van der Waals surface area contributed by atoms with Crippen LogP contribution in [0.4, 0.5) is 0 Å². The highest BCUT2D eigenvalue weighted by Crippen LogP contribution is 2.57. The molecule has 0 fully saturated rings. The molecule has 0 amide bonds. The number of aromatic hydroxyl groups is 4. The van der Waals surface area contributed by atoms with Gasteiger partial charge in [0, 0.05) is 24.0 Å². The fourth-order valence-corrected chi connectivity index (χ4v) is 8.22. The van der Waals surface area contributed by atoms with E-state index in [2.05, 4.69) is 39.8 Å². The van der Waals surface area contributed by atoms with Crippen molar-refractivity contribution in [3.05, 3.63) is 151 Å². The monoisotopic (exact) mass is 782 g/mol. The Kier molecular flexibility index (Phi) is 12.4. The Balaban J connectivity index is 1.52. The van der Waals surface area contributed by atoms with E-state index >= 15 is 0 Å². The summed E-state index contributed by atoms with van der Waals surface area (Å²) in [4.78, 5) is 28.7. The normalized spacial score (nSPS) is 15.9. The number of hydrogen-bond acceptors (Lipinski definition) is 8. The summed E-state index contributed by atoms with van der Waals surface area (Å²) in [5.41, 5.74) is 8.03. The van der Waals surface area contributed by atoms with Crippen LogP contribution >= 0.6 is 0 Å². The van der Waals surface area contributed by atoms with Crippen LogP contribution in [0.1, 0.15) is 144 Å². The molecule has 2 aliphatic rings. The molecule has 0 saturated carbocycles. The molecule has 0 radical (unpaired) electrons. The lowest BCUT2D eigenvalue weighted by Gasteiger charge is -2.39. The minimum Gasteiger partial charge on any atom is -0.507 e. The summed E-state index contributed by atoms with van der Waals surface area (Å²) in [7, 11) is 0. The van der Waals surface area contributed by atoms with Crippen molar-refractivity contribution in [3.8, 4) is 34.5 Å². The van der Waals surface area contributed by atoms with Gasteiger partial charge in [0.1, 0.15) is 47.7 Å². The van der Waals surface area contributed by atoms with Crippen LogP contribution in [0.25, 0.3) is 0 Å². The molecule has 0 bridgehead atoms. The number of phenolic OH excluding ortho intramolecular Hbond substituents is 4. The SMILES string of the molecule is CC(C)=CCC/C(C)=C/COc1cc(O)c2c(c1)[C@H]([C@@H]1c3cc(C)cc(O)c3C(=O)c3c(O)cc(OC/C=C(\C)CCC=C(C)C)cc31)c1cc(C)cc(O)c1C2=O. The van der Waals surface area contributed by atoms with Crippen LogP contribution in [-0.2, 0) is 0 Å². The molecule has 0 unspecified atom stereocenters. The number of benzene rings is 4. The molecule has 0 heterocycles. The molecule has 4 N–H and O–H groups in total. The second-order valence-electron chi connectivity index (χ2n) is 16.3. The van der Waals surface area contributed by atoms with Crippen LogP contribution in [0.2, 0.25) is 0 Å². The summed E-state index contributed by atoms with van der Waals surface area (Å²) < 4.78 is 12.4. The van der Waals surface area contributed by atoms with E-state index in [1.54, 1.807) is 12.1 Å². The van der Waals surface area contributed by atoms with Gasteiger partial charge in [-0.2, -0.15) is 0 Å². The zero-order valence-corrected chi connectivity index (χ0v) is 34.7. The van der Waals surface area contributed by atoms with Crippen molar-refractivity contribution in [2.75, 3.05) is 13.2 Å². The first-order valence-corrected chi connectivity index (χ1v) is 19.9. The number of carbonyl (C=O) groups excluding carboxylic acids is 2. The van der Waals surface area contributed by atoms with Gasteiger partial charge >= 0.3 is 0 Å². The highest BCUT2D eigenvalue weighted by Gasteiger charge is 2.46. The van der Waals surface area contributed by atoms with Crippen molar-refractivity contribution in [3.63, 3.8) is 0 Å². The summed E-state index contributed by atoms with van der Waals surface area (Å²) in [6.07, 6.45) is 11.9. The van der Waals surface area contributed by atoms with E-state index in [9.17, 15) is 30.0 Å². The first kappa shape index (κ1) is 41.6. The van der Waals surface area contributed by atoms with Crippen molar-refractivity contribution in [2.45, 2.75) is 92.9 Å². The predicted molar refractivity (Wildman–Crippen MR) is 228 cm³/mol.